The molecule has 3 N–H and O–H groups in total. The van der Waals surface area contributed by atoms with Crippen molar-refractivity contribution in [2.45, 2.75) is 32.6 Å². The molecule has 0 aliphatic carbocycles. The third kappa shape index (κ3) is 5.54. The van der Waals surface area contributed by atoms with E-state index >= 15 is 0 Å². The van der Waals surface area contributed by atoms with Crippen LogP contribution >= 0.6 is 12.4 Å². The van der Waals surface area contributed by atoms with Crippen LogP contribution in [0.15, 0.2) is 36.5 Å². The maximum absolute atomic E-state index is 10.9. The normalized spacial score (nSPS) is 11.3. The molecule has 0 bridgehead atoms. The van der Waals surface area contributed by atoms with Gasteiger partial charge in [-0.15, -0.1) is 12.4 Å². The lowest BCUT2D eigenvalue weighted by molar-refractivity contribution is -0.124. The molecule has 1 amide bonds. The van der Waals surface area contributed by atoms with Crippen molar-refractivity contribution < 1.29 is 10.0 Å². The van der Waals surface area contributed by atoms with Crippen molar-refractivity contribution in [2.24, 2.45) is 0 Å². The summed E-state index contributed by atoms with van der Waals surface area (Å²) < 4.78 is 0. The summed E-state index contributed by atoms with van der Waals surface area (Å²) in [7, 11) is 0. The lowest BCUT2D eigenvalue weighted by Gasteiger charge is -2.15. The van der Waals surface area contributed by atoms with Crippen LogP contribution in [0.25, 0.3) is 6.08 Å². The molecule has 1 heterocycles. The van der Waals surface area contributed by atoms with Gasteiger partial charge in [0, 0.05) is 29.8 Å². The van der Waals surface area contributed by atoms with E-state index in [1.165, 1.54) is 6.08 Å². The summed E-state index contributed by atoms with van der Waals surface area (Å²) in [4.78, 5) is 18.7. The fourth-order valence-corrected chi connectivity index (χ4v) is 1.98. The van der Waals surface area contributed by atoms with Crippen molar-refractivity contribution in [3.63, 3.8) is 0 Å². The third-order valence-electron chi connectivity index (χ3n) is 3.33. The van der Waals surface area contributed by atoms with E-state index in [0.717, 1.165) is 29.1 Å². The first-order valence-corrected chi connectivity index (χ1v) is 7.14. The van der Waals surface area contributed by atoms with Gasteiger partial charge in [-0.05, 0) is 17.2 Å². The Morgan fingerprint density at radius 2 is 1.96 bits per heavy atom. The van der Waals surface area contributed by atoms with Crippen LogP contribution in [0.4, 0.5) is 0 Å². The predicted octanol–water partition coefficient (Wildman–Crippen LogP) is 3.24. The topological polar surface area (TPSA) is 78.0 Å². The number of rotatable bonds is 4. The number of nitrogens with zero attached hydrogens (tertiary/aromatic N) is 1. The number of H-pyrrole nitrogens is 1. The van der Waals surface area contributed by atoms with Crippen LogP contribution in [0.5, 0.6) is 0 Å². The zero-order valence-corrected chi connectivity index (χ0v) is 14.3. The number of benzene rings is 1. The molecular formula is C17H22ClN3O2. The molecular weight excluding hydrogens is 314 g/mol. The van der Waals surface area contributed by atoms with E-state index in [1.54, 1.807) is 11.6 Å². The molecule has 5 nitrogen and oxygen atoms in total. The second-order valence-electron chi connectivity index (χ2n) is 6.22. The average molecular weight is 336 g/mol. The zero-order chi connectivity index (χ0) is 16.2. The molecule has 2 rings (SSSR count). The molecule has 0 radical (unpaired) electrons. The first-order chi connectivity index (χ1) is 10.4. The monoisotopic (exact) mass is 335 g/mol. The number of imidazole rings is 1. The predicted molar refractivity (Wildman–Crippen MR) is 92.7 cm³/mol. The Balaban J connectivity index is 0.00000264. The summed E-state index contributed by atoms with van der Waals surface area (Å²) in [5, 5.41) is 8.42. The van der Waals surface area contributed by atoms with Gasteiger partial charge in [-0.2, -0.15) is 0 Å². The highest BCUT2D eigenvalue weighted by Crippen LogP contribution is 2.20. The minimum Gasteiger partial charge on any atom is -0.345 e. The molecule has 0 saturated heterocycles. The minimum atomic E-state index is -0.547. The Morgan fingerprint density at radius 3 is 2.48 bits per heavy atom. The Bertz CT molecular complexity index is 670. The first kappa shape index (κ1) is 18.9. The van der Waals surface area contributed by atoms with Gasteiger partial charge in [-0.25, -0.2) is 10.5 Å². The van der Waals surface area contributed by atoms with Gasteiger partial charge in [0.25, 0.3) is 5.91 Å². The number of amides is 1. The number of hydrogen-bond acceptors (Lipinski definition) is 3. The molecule has 124 valence electrons. The molecule has 0 unspecified atom stereocenters. The van der Waals surface area contributed by atoms with Gasteiger partial charge in [0.15, 0.2) is 0 Å². The van der Waals surface area contributed by atoms with Crippen molar-refractivity contribution >= 4 is 24.4 Å². The summed E-state index contributed by atoms with van der Waals surface area (Å²) in [6.45, 7) is 6.44. The maximum atomic E-state index is 10.9. The fraction of sp³-hybridized carbons (Fsp3) is 0.294. The zero-order valence-electron chi connectivity index (χ0n) is 13.5. The van der Waals surface area contributed by atoms with E-state index in [2.05, 4.69) is 30.7 Å². The number of nitrogens with one attached hydrogen (secondary N) is 2. The molecule has 0 fully saturated rings. The van der Waals surface area contributed by atoms with Crippen LogP contribution in [-0.4, -0.2) is 21.1 Å². The van der Waals surface area contributed by atoms with Gasteiger partial charge in [0.1, 0.15) is 5.82 Å². The van der Waals surface area contributed by atoms with Crippen molar-refractivity contribution in [1.82, 2.24) is 15.4 Å². The maximum Gasteiger partial charge on any atom is 0.267 e. The van der Waals surface area contributed by atoms with Crippen LogP contribution in [0.1, 0.15) is 43.4 Å². The molecule has 0 saturated carbocycles. The van der Waals surface area contributed by atoms with Crippen molar-refractivity contribution in [2.75, 3.05) is 0 Å². The van der Waals surface area contributed by atoms with Crippen molar-refractivity contribution in [1.29, 1.82) is 0 Å². The highest BCUT2D eigenvalue weighted by molar-refractivity contribution is 5.90. The quantitative estimate of drug-likeness (QED) is 0.456. The van der Waals surface area contributed by atoms with Gasteiger partial charge in [0.2, 0.25) is 0 Å². The number of hydrogen-bond donors (Lipinski definition) is 3. The molecule has 0 atom stereocenters. The molecule has 6 heteroatoms. The van der Waals surface area contributed by atoms with Gasteiger partial charge in [0.05, 0.1) is 0 Å². The minimum absolute atomic E-state index is 0. The summed E-state index contributed by atoms with van der Waals surface area (Å²) in [6, 6.07) is 7.83. The van der Waals surface area contributed by atoms with E-state index in [0.29, 0.717) is 0 Å². The van der Waals surface area contributed by atoms with E-state index < -0.39 is 5.91 Å². The number of aromatic nitrogens is 2. The van der Waals surface area contributed by atoms with Gasteiger partial charge in [-0.1, -0.05) is 45.0 Å². The van der Waals surface area contributed by atoms with Gasteiger partial charge in [-0.3, -0.25) is 10.0 Å². The van der Waals surface area contributed by atoms with E-state index in [9.17, 15) is 4.79 Å². The van der Waals surface area contributed by atoms with Gasteiger partial charge < -0.3 is 4.98 Å². The third-order valence-corrected chi connectivity index (χ3v) is 3.33. The van der Waals surface area contributed by atoms with Crippen LogP contribution in [0, 0.1) is 0 Å². The number of carbonyl (C=O) groups excluding carboxylic acids is 1. The van der Waals surface area contributed by atoms with Crippen LogP contribution in [0.2, 0.25) is 0 Å². The average Bonchev–Trinajstić information content (AvgIpc) is 2.95. The smallest absolute Gasteiger partial charge is 0.267 e. The largest absolute Gasteiger partial charge is 0.345 e. The SMILES string of the molecule is CC(C)(C)c1cnc(Cc2ccc(/C=C/C(=O)NO)cc2)[nH]1.Cl. The highest BCUT2D eigenvalue weighted by Gasteiger charge is 2.16. The van der Waals surface area contributed by atoms with Crippen LogP contribution in [0.3, 0.4) is 0 Å². The molecule has 0 aliphatic heterocycles. The van der Waals surface area contributed by atoms with E-state index in [-0.39, 0.29) is 17.8 Å². The molecule has 0 spiro atoms. The standard InChI is InChI=1S/C17H21N3O2.ClH/c1-17(2,3)14-11-18-15(19-14)10-13-6-4-12(5-7-13)8-9-16(21)20-22;/h4-9,11,22H,10H2,1-3H3,(H,18,19)(H,20,21);1H/b9-8+;. The molecule has 1 aromatic heterocycles. The Morgan fingerprint density at radius 1 is 1.30 bits per heavy atom. The number of aromatic amines is 1. The lowest BCUT2D eigenvalue weighted by atomic mass is 9.93. The van der Waals surface area contributed by atoms with E-state index in [1.807, 2.05) is 30.5 Å². The number of carbonyl (C=O) groups is 1. The number of hydroxylamine groups is 1. The van der Waals surface area contributed by atoms with Crippen molar-refractivity contribution in [3.05, 3.63) is 59.2 Å². The summed E-state index contributed by atoms with van der Waals surface area (Å²) in [5.41, 5.74) is 4.77. The molecule has 23 heavy (non-hydrogen) atoms. The van der Waals surface area contributed by atoms with Crippen LogP contribution in [-0.2, 0) is 16.6 Å². The molecule has 1 aromatic carbocycles. The Labute approximate surface area is 142 Å². The number of halogens is 1. The molecule has 2 aromatic rings. The summed E-state index contributed by atoms with van der Waals surface area (Å²) >= 11 is 0. The van der Waals surface area contributed by atoms with E-state index in [4.69, 9.17) is 5.21 Å². The lowest BCUT2D eigenvalue weighted by Crippen LogP contribution is -2.14. The Kier molecular flexibility index (Phi) is 6.54. The summed E-state index contributed by atoms with van der Waals surface area (Å²) in [5.74, 6) is 0.391. The first-order valence-electron chi connectivity index (χ1n) is 7.14. The second-order valence-corrected chi connectivity index (χ2v) is 6.22. The summed E-state index contributed by atoms with van der Waals surface area (Å²) in [6.07, 6.45) is 5.54. The van der Waals surface area contributed by atoms with Gasteiger partial charge >= 0.3 is 0 Å². The van der Waals surface area contributed by atoms with Crippen molar-refractivity contribution in [3.8, 4) is 0 Å². The highest BCUT2D eigenvalue weighted by atomic mass is 35.5. The Hall–Kier alpha value is -2.11. The second kappa shape index (κ2) is 7.94. The molecule has 0 aliphatic rings. The van der Waals surface area contributed by atoms with Crippen LogP contribution < -0.4 is 5.48 Å². The fourth-order valence-electron chi connectivity index (χ4n) is 1.98.